The first kappa shape index (κ1) is 11.8. The van der Waals surface area contributed by atoms with E-state index in [9.17, 15) is 0 Å². The zero-order chi connectivity index (χ0) is 10.6. The molecule has 0 amide bonds. The van der Waals surface area contributed by atoms with Gasteiger partial charge in [0.1, 0.15) is 0 Å². The highest BCUT2D eigenvalue weighted by Crippen LogP contribution is 2.20. The molecule has 0 heterocycles. The van der Waals surface area contributed by atoms with Gasteiger partial charge in [0.25, 0.3) is 0 Å². The van der Waals surface area contributed by atoms with Gasteiger partial charge in [-0.3, -0.25) is 0 Å². The topological polar surface area (TPSA) is 12.0 Å². The van der Waals surface area contributed by atoms with Gasteiger partial charge < -0.3 is 5.32 Å². The molecule has 14 heavy (non-hydrogen) atoms. The molecule has 1 aromatic rings. The summed E-state index contributed by atoms with van der Waals surface area (Å²) in [5, 5.41) is 3.59. The number of nitrogens with one attached hydrogen (secondary N) is 1. The Morgan fingerprint density at radius 2 is 1.93 bits per heavy atom. The summed E-state index contributed by atoms with van der Waals surface area (Å²) in [6, 6.07) is 9.01. The highest BCUT2D eigenvalue weighted by molar-refractivity contribution is 14.1. The van der Waals surface area contributed by atoms with Gasteiger partial charge in [-0.05, 0) is 47.1 Å². The molecule has 0 radical (unpaired) electrons. The van der Waals surface area contributed by atoms with Crippen LogP contribution in [-0.2, 0) is 0 Å². The number of para-hydroxylation sites is 1. The van der Waals surface area contributed by atoms with Crippen molar-refractivity contribution >= 4 is 28.3 Å². The van der Waals surface area contributed by atoms with Gasteiger partial charge in [-0.1, -0.05) is 32.9 Å². The molecule has 0 saturated carbocycles. The summed E-state index contributed by atoms with van der Waals surface area (Å²) in [6.45, 7) is 6.75. The molecule has 0 aliphatic carbocycles. The Kier molecular flexibility index (Phi) is 4.72. The van der Waals surface area contributed by atoms with E-state index in [4.69, 9.17) is 0 Å². The van der Waals surface area contributed by atoms with E-state index >= 15 is 0 Å². The standard InChI is InChI=1S/C12H18IN/c1-4-11(9(2)3)14-12-8-6-5-7-10(12)13/h5-9,11,14H,4H2,1-3H3. The summed E-state index contributed by atoms with van der Waals surface area (Å²) in [5.41, 5.74) is 1.26. The minimum absolute atomic E-state index is 0.575. The highest BCUT2D eigenvalue weighted by Gasteiger charge is 2.11. The van der Waals surface area contributed by atoms with Crippen molar-refractivity contribution in [3.8, 4) is 0 Å². The Labute approximate surface area is 100 Å². The lowest BCUT2D eigenvalue weighted by molar-refractivity contribution is 0.511. The van der Waals surface area contributed by atoms with Crippen LogP contribution in [0.5, 0.6) is 0 Å². The minimum Gasteiger partial charge on any atom is -0.381 e. The van der Waals surface area contributed by atoms with Crippen molar-refractivity contribution in [1.29, 1.82) is 0 Å². The molecule has 0 fully saturated rings. The van der Waals surface area contributed by atoms with Gasteiger partial charge in [-0.25, -0.2) is 0 Å². The SMILES string of the molecule is CCC(Nc1ccccc1I)C(C)C. The number of anilines is 1. The maximum Gasteiger partial charge on any atom is 0.0478 e. The second-order valence-electron chi connectivity index (χ2n) is 3.88. The third-order valence-corrected chi connectivity index (χ3v) is 3.40. The minimum atomic E-state index is 0.575. The zero-order valence-electron chi connectivity index (χ0n) is 9.05. The number of benzene rings is 1. The van der Waals surface area contributed by atoms with Crippen LogP contribution >= 0.6 is 22.6 Å². The van der Waals surface area contributed by atoms with Gasteiger partial charge in [-0.15, -0.1) is 0 Å². The smallest absolute Gasteiger partial charge is 0.0478 e. The molecule has 0 aromatic heterocycles. The summed E-state index contributed by atoms with van der Waals surface area (Å²) in [5.74, 6) is 0.677. The van der Waals surface area contributed by atoms with Crippen LogP contribution in [0.2, 0.25) is 0 Å². The summed E-state index contributed by atoms with van der Waals surface area (Å²) in [6.07, 6.45) is 1.17. The molecule has 1 N–H and O–H groups in total. The summed E-state index contributed by atoms with van der Waals surface area (Å²) in [4.78, 5) is 0. The normalized spacial score (nSPS) is 12.9. The zero-order valence-corrected chi connectivity index (χ0v) is 11.2. The number of hydrogen-bond donors (Lipinski definition) is 1. The van der Waals surface area contributed by atoms with E-state index in [1.54, 1.807) is 0 Å². The third-order valence-electron chi connectivity index (χ3n) is 2.46. The van der Waals surface area contributed by atoms with Crippen molar-refractivity contribution in [2.75, 3.05) is 5.32 Å². The molecule has 0 aliphatic rings. The van der Waals surface area contributed by atoms with Crippen LogP contribution in [0.3, 0.4) is 0 Å². The predicted octanol–water partition coefficient (Wildman–Crippen LogP) is 4.14. The van der Waals surface area contributed by atoms with Crippen LogP contribution < -0.4 is 5.32 Å². The molecule has 1 nitrogen and oxygen atoms in total. The monoisotopic (exact) mass is 303 g/mol. The fraction of sp³-hybridized carbons (Fsp3) is 0.500. The molecule has 1 aromatic carbocycles. The van der Waals surface area contributed by atoms with Gasteiger partial charge in [-0.2, -0.15) is 0 Å². The van der Waals surface area contributed by atoms with Gasteiger partial charge in [0.2, 0.25) is 0 Å². The Hall–Kier alpha value is -0.250. The molecule has 1 rings (SSSR count). The Balaban J connectivity index is 2.72. The molecule has 78 valence electrons. The Morgan fingerprint density at radius 1 is 1.29 bits per heavy atom. The first-order valence-corrected chi connectivity index (χ1v) is 6.24. The quantitative estimate of drug-likeness (QED) is 0.824. The maximum absolute atomic E-state index is 3.59. The van der Waals surface area contributed by atoms with E-state index in [1.165, 1.54) is 15.7 Å². The van der Waals surface area contributed by atoms with E-state index in [-0.39, 0.29) is 0 Å². The van der Waals surface area contributed by atoms with E-state index in [2.05, 4.69) is 72.9 Å². The van der Waals surface area contributed by atoms with Crippen LogP contribution in [0.4, 0.5) is 5.69 Å². The van der Waals surface area contributed by atoms with Crippen molar-refractivity contribution in [2.45, 2.75) is 33.2 Å². The predicted molar refractivity (Wildman–Crippen MR) is 71.7 cm³/mol. The molecule has 2 heteroatoms. The van der Waals surface area contributed by atoms with E-state index in [0.29, 0.717) is 12.0 Å². The summed E-state index contributed by atoms with van der Waals surface area (Å²) in [7, 11) is 0. The van der Waals surface area contributed by atoms with Gasteiger partial charge >= 0.3 is 0 Å². The van der Waals surface area contributed by atoms with Crippen molar-refractivity contribution in [3.63, 3.8) is 0 Å². The van der Waals surface area contributed by atoms with Gasteiger partial charge in [0, 0.05) is 15.3 Å². The fourth-order valence-electron chi connectivity index (χ4n) is 1.52. The van der Waals surface area contributed by atoms with Crippen molar-refractivity contribution in [3.05, 3.63) is 27.8 Å². The van der Waals surface area contributed by atoms with Crippen molar-refractivity contribution in [2.24, 2.45) is 5.92 Å². The van der Waals surface area contributed by atoms with Crippen LogP contribution in [-0.4, -0.2) is 6.04 Å². The molecule has 0 bridgehead atoms. The van der Waals surface area contributed by atoms with Gasteiger partial charge in [0.15, 0.2) is 0 Å². The highest BCUT2D eigenvalue weighted by atomic mass is 127. The Bertz CT molecular complexity index is 283. The largest absolute Gasteiger partial charge is 0.381 e. The third kappa shape index (κ3) is 3.15. The number of rotatable bonds is 4. The molecule has 0 saturated heterocycles. The van der Waals surface area contributed by atoms with Crippen molar-refractivity contribution < 1.29 is 0 Å². The fourth-order valence-corrected chi connectivity index (χ4v) is 2.06. The van der Waals surface area contributed by atoms with E-state index in [0.717, 1.165) is 0 Å². The van der Waals surface area contributed by atoms with Crippen LogP contribution in [0, 0.1) is 9.49 Å². The average molecular weight is 303 g/mol. The molecule has 0 aliphatic heterocycles. The van der Waals surface area contributed by atoms with Crippen LogP contribution in [0.25, 0.3) is 0 Å². The first-order valence-electron chi connectivity index (χ1n) is 5.16. The number of hydrogen-bond acceptors (Lipinski definition) is 1. The lowest BCUT2D eigenvalue weighted by Gasteiger charge is -2.22. The van der Waals surface area contributed by atoms with Crippen LogP contribution in [0.15, 0.2) is 24.3 Å². The van der Waals surface area contributed by atoms with E-state index < -0.39 is 0 Å². The first-order chi connectivity index (χ1) is 6.65. The molecule has 1 unspecified atom stereocenters. The lowest BCUT2D eigenvalue weighted by atomic mass is 10.0. The summed E-state index contributed by atoms with van der Waals surface area (Å²) >= 11 is 2.37. The Morgan fingerprint density at radius 3 is 2.43 bits per heavy atom. The average Bonchev–Trinajstić information content (AvgIpc) is 2.16. The van der Waals surface area contributed by atoms with Crippen molar-refractivity contribution in [1.82, 2.24) is 0 Å². The van der Waals surface area contributed by atoms with Gasteiger partial charge in [0.05, 0.1) is 0 Å². The summed E-state index contributed by atoms with van der Waals surface area (Å²) < 4.78 is 1.30. The second-order valence-corrected chi connectivity index (χ2v) is 5.05. The van der Waals surface area contributed by atoms with Crippen LogP contribution in [0.1, 0.15) is 27.2 Å². The molecular formula is C12H18IN. The maximum atomic E-state index is 3.59. The lowest BCUT2D eigenvalue weighted by Crippen LogP contribution is -2.24. The molecular weight excluding hydrogens is 285 g/mol. The molecule has 1 atom stereocenters. The number of halogens is 1. The molecule has 0 spiro atoms. The van der Waals surface area contributed by atoms with E-state index in [1.807, 2.05) is 0 Å². The second kappa shape index (κ2) is 5.59.